The molecule has 0 fully saturated rings. The van der Waals surface area contributed by atoms with Gasteiger partial charge in [-0.1, -0.05) is 5.16 Å². The summed E-state index contributed by atoms with van der Waals surface area (Å²) in [4.78, 5) is 0. The second-order valence-corrected chi connectivity index (χ2v) is 2.93. The van der Waals surface area contributed by atoms with Crippen molar-refractivity contribution in [2.75, 3.05) is 5.73 Å². The lowest BCUT2D eigenvalue weighted by Gasteiger charge is -2.02. The van der Waals surface area contributed by atoms with Crippen molar-refractivity contribution in [2.24, 2.45) is 0 Å². The van der Waals surface area contributed by atoms with E-state index in [2.05, 4.69) is 9.68 Å². The van der Waals surface area contributed by atoms with Crippen LogP contribution in [0.5, 0.6) is 11.5 Å². The summed E-state index contributed by atoms with van der Waals surface area (Å²) in [7, 11) is 0. The quantitative estimate of drug-likeness (QED) is 0.620. The third-order valence-electron chi connectivity index (χ3n) is 1.95. The molecule has 0 saturated heterocycles. The maximum atomic E-state index is 13.1. The molecule has 0 bridgehead atoms. The molecule has 1 aromatic heterocycles. The van der Waals surface area contributed by atoms with E-state index in [1.807, 2.05) is 0 Å². The Morgan fingerprint density at radius 1 is 1.33 bits per heavy atom. The molecule has 0 aliphatic heterocycles. The molecular weight excluding hydrogens is 203 g/mol. The van der Waals surface area contributed by atoms with Gasteiger partial charge in [-0.05, 0) is 17.7 Å². The Morgan fingerprint density at radius 2 is 2.07 bits per heavy atom. The lowest BCUT2D eigenvalue weighted by molar-refractivity contribution is 0.379. The number of aromatic nitrogens is 1. The highest BCUT2D eigenvalue weighted by molar-refractivity contribution is 5.73. The average molecular weight is 210 g/mol. The first-order chi connectivity index (χ1) is 7.09. The minimum absolute atomic E-state index is 0.0134. The van der Waals surface area contributed by atoms with Gasteiger partial charge in [0.15, 0.2) is 17.3 Å². The van der Waals surface area contributed by atoms with Gasteiger partial charge >= 0.3 is 0 Å². The van der Waals surface area contributed by atoms with Crippen LogP contribution in [0.15, 0.2) is 22.9 Å². The molecule has 78 valence electrons. The van der Waals surface area contributed by atoms with Gasteiger partial charge in [-0.3, -0.25) is 0 Å². The molecule has 1 heterocycles. The Balaban J connectivity index is 2.60. The van der Waals surface area contributed by atoms with E-state index in [-0.39, 0.29) is 11.4 Å². The van der Waals surface area contributed by atoms with Gasteiger partial charge in [0.1, 0.15) is 0 Å². The number of phenolic OH excluding ortho intramolecular Hbond substituents is 2. The standard InChI is InChI=1S/C9H7FN2O3/c10-6-1-4(2-7(13)8(6)14)5-3-12-15-9(5)11/h1-3,13-14H,11H2. The molecule has 0 aliphatic carbocycles. The van der Waals surface area contributed by atoms with Crippen molar-refractivity contribution in [1.82, 2.24) is 5.16 Å². The Kier molecular flexibility index (Phi) is 1.96. The number of benzene rings is 1. The van der Waals surface area contributed by atoms with Crippen LogP contribution in [0.1, 0.15) is 0 Å². The first kappa shape index (κ1) is 9.32. The van der Waals surface area contributed by atoms with Crippen molar-refractivity contribution in [3.8, 4) is 22.6 Å². The van der Waals surface area contributed by atoms with Crippen LogP contribution in [-0.2, 0) is 0 Å². The largest absolute Gasteiger partial charge is 0.504 e. The first-order valence-corrected chi connectivity index (χ1v) is 4.01. The molecule has 0 spiro atoms. The monoisotopic (exact) mass is 210 g/mol. The summed E-state index contributed by atoms with van der Waals surface area (Å²) in [6, 6.07) is 2.19. The van der Waals surface area contributed by atoms with Crippen LogP contribution in [0.4, 0.5) is 10.3 Å². The molecule has 6 heteroatoms. The molecule has 2 aromatic rings. The fourth-order valence-corrected chi connectivity index (χ4v) is 1.21. The topological polar surface area (TPSA) is 92.5 Å². The van der Waals surface area contributed by atoms with E-state index in [0.717, 1.165) is 6.07 Å². The summed E-state index contributed by atoms with van der Waals surface area (Å²) in [5.74, 6) is -2.29. The third-order valence-corrected chi connectivity index (χ3v) is 1.95. The van der Waals surface area contributed by atoms with Gasteiger partial charge in [0.05, 0.1) is 11.8 Å². The minimum atomic E-state index is -0.939. The molecule has 5 nitrogen and oxygen atoms in total. The SMILES string of the molecule is Nc1oncc1-c1cc(O)c(O)c(F)c1. The minimum Gasteiger partial charge on any atom is -0.504 e. The molecule has 2 rings (SSSR count). The summed E-state index contributed by atoms with van der Waals surface area (Å²) in [5.41, 5.74) is 6.05. The van der Waals surface area contributed by atoms with E-state index in [1.165, 1.54) is 12.3 Å². The van der Waals surface area contributed by atoms with E-state index >= 15 is 0 Å². The molecule has 0 unspecified atom stereocenters. The fourth-order valence-electron chi connectivity index (χ4n) is 1.21. The van der Waals surface area contributed by atoms with E-state index in [0.29, 0.717) is 5.56 Å². The number of nitrogens with two attached hydrogens (primary N) is 1. The van der Waals surface area contributed by atoms with Gasteiger partial charge in [-0.25, -0.2) is 4.39 Å². The number of rotatable bonds is 1. The molecule has 0 aliphatic rings. The summed E-state index contributed by atoms with van der Waals surface area (Å²) in [6.45, 7) is 0. The number of hydrogen-bond acceptors (Lipinski definition) is 5. The van der Waals surface area contributed by atoms with Crippen molar-refractivity contribution in [1.29, 1.82) is 0 Å². The second kappa shape index (κ2) is 3.16. The number of halogens is 1. The van der Waals surface area contributed by atoms with Gasteiger partial charge in [0.2, 0.25) is 5.88 Å². The predicted octanol–water partition coefficient (Wildman–Crippen LogP) is 1.47. The highest BCUT2D eigenvalue weighted by atomic mass is 19.1. The summed E-state index contributed by atoms with van der Waals surface area (Å²) in [6.07, 6.45) is 1.29. The van der Waals surface area contributed by atoms with Crippen molar-refractivity contribution >= 4 is 5.88 Å². The normalized spacial score (nSPS) is 10.5. The zero-order chi connectivity index (χ0) is 11.0. The van der Waals surface area contributed by atoms with E-state index in [9.17, 15) is 9.50 Å². The predicted molar refractivity (Wildman–Crippen MR) is 49.6 cm³/mol. The van der Waals surface area contributed by atoms with Gasteiger partial charge < -0.3 is 20.5 Å². The molecule has 15 heavy (non-hydrogen) atoms. The average Bonchev–Trinajstić information content (AvgIpc) is 2.60. The van der Waals surface area contributed by atoms with Crippen molar-refractivity contribution in [3.05, 3.63) is 24.1 Å². The Morgan fingerprint density at radius 3 is 2.60 bits per heavy atom. The molecule has 0 atom stereocenters. The summed E-state index contributed by atoms with van der Waals surface area (Å²) < 4.78 is 17.7. The molecule has 1 aromatic carbocycles. The third kappa shape index (κ3) is 1.45. The van der Waals surface area contributed by atoms with Crippen LogP contribution in [0.25, 0.3) is 11.1 Å². The van der Waals surface area contributed by atoms with Crippen LogP contribution in [0.2, 0.25) is 0 Å². The number of aromatic hydroxyl groups is 2. The maximum Gasteiger partial charge on any atom is 0.229 e. The van der Waals surface area contributed by atoms with Crippen molar-refractivity contribution in [3.63, 3.8) is 0 Å². The molecule has 0 radical (unpaired) electrons. The molecule has 4 N–H and O–H groups in total. The Bertz CT molecular complexity index is 487. The van der Waals surface area contributed by atoms with E-state index in [1.54, 1.807) is 0 Å². The van der Waals surface area contributed by atoms with Gasteiger partial charge in [-0.2, -0.15) is 0 Å². The van der Waals surface area contributed by atoms with Crippen LogP contribution in [-0.4, -0.2) is 15.4 Å². The highest BCUT2D eigenvalue weighted by Crippen LogP contribution is 2.35. The van der Waals surface area contributed by atoms with Gasteiger partial charge in [-0.15, -0.1) is 0 Å². The lowest BCUT2D eigenvalue weighted by Crippen LogP contribution is -1.86. The number of nitrogens with zero attached hydrogens (tertiary/aromatic N) is 1. The highest BCUT2D eigenvalue weighted by Gasteiger charge is 2.13. The van der Waals surface area contributed by atoms with E-state index in [4.69, 9.17) is 10.8 Å². The van der Waals surface area contributed by atoms with Crippen molar-refractivity contribution < 1.29 is 19.1 Å². The zero-order valence-corrected chi connectivity index (χ0v) is 7.44. The maximum absolute atomic E-state index is 13.1. The van der Waals surface area contributed by atoms with Crippen LogP contribution >= 0.6 is 0 Å². The van der Waals surface area contributed by atoms with Gasteiger partial charge in [0, 0.05) is 0 Å². The van der Waals surface area contributed by atoms with Crippen LogP contribution < -0.4 is 5.73 Å². The number of hydrogen-bond donors (Lipinski definition) is 3. The zero-order valence-electron chi connectivity index (χ0n) is 7.44. The number of phenols is 2. The lowest BCUT2D eigenvalue weighted by atomic mass is 10.1. The van der Waals surface area contributed by atoms with Crippen molar-refractivity contribution in [2.45, 2.75) is 0 Å². The summed E-state index contributed by atoms with van der Waals surface area (Å²) >= 11 is 0. The van der Waals surface area contributed by atoms with E-state index < -0.39 is 17.3 Å². The molecule has 0 saturated carbocycles. The van der Waals surface area contributed by atoms with Crippen LogP contribution in [0, 0.1) is 5.82 Å². The molecular formula is C9H7FN2O3. The second-order valence-electron chi connectivity index (χ2n) is 2.93. The summed E-state index contributed by atoms with van der Waals surface area (Å²) in [5, 5.41) is 21.6. The number of nitrogen functional groups attached to an aromatic ring is 1. The Hall–Kier alpha value is -2.24. The Labute approximate surface area is 83.5 Å². The molecule has 0 amide bonds. The fraction of sp³-hybridized carbons (Fsp3) is 0. The first-order valence-electron chi connectivity index (χ1n) is 4.01. The van der Waals surface area contributed by atoms with Crippen LogP contribution in [0.3, 0.4) is 0 Å². The van der Waals surface area contributed by atoms with Gasteiger partial charge in [0.25, 0.3) is 0 Å². The smallest absolute Gasteiger partial charge is 0.229 e. The number of anilines is 1.